The zero-order valence-electron chi connectivity index (χ0n) is 11.0. The van der Waals surface area contributed by atoms with Crippen molar-refractivity contribution in [2.75, 3.05) is 23.4 Å². The van der Waals surface area contributed by atoms with Crippen molar-refractivity contribution in [3.63, 3.8) is 0 Å². The van der Waals surface area contributed by atoms with Crippen molar-refractivity contribution in [3.8, 4) is 0 Å². The summed E-state index contributed by atoms with van der Waals surface area (Å²) in [5, 5.41) is 3.03. The molecule has 0 atom stereocenters. The number of anilines is 1. The number of nitrogens with one attached hydrogen (secondary N) is 1. The highest BCUT2D eigenvalue weighted by atomic mass is 32.2. The van der Waals surface area contributed by atoms with Crippen molar-refractivity contribution >= 4 is 15.7 Å². The Balaban J connectivity index is 1.89. The lowest BCUT2D eigenvalue weighted by atomic mass is 9.79. The van der Waals surface area contributed by atoms with Crippen LogP contribution in [-0.4, -0.2) is 42.5 Å². The second-order valence-corrected chi connectivity index (χ2v) is 7.39. The summed E-state index contributed by atoms with van der Waals surface area (Å²) in [5.74, 6) is 1.38. The molecule has 3 N–H and O–H groups in total. The first-order valence-corrected chi connectivity index (χ1v) is 8.34. The van der Waals surface area contributed by atoms with Crippen molar-refractivity contribution < 1.29 is 8.42 Å². The van der Waals surface area contributed by atoms with Crippen LogP contribution >= 0.6 is 0 Å². The molecule has 1 fully saturated rings. The molecule has 1 aliphatic carbocycles. The first-order valence-electron chi connectivity index (χ1n) is 6.52. The SMILES string of the molecule is CCS(=O)(=O)CCNc1cc(C2CC(N)C2)ncn1. The van der Waals surface area contributed by atoms with Crippen molar-refractivity contribution in [2.24, 2.45) is 5.73 Å². The molecule has 1 aliphatic rings. The summed E-state index contributed by atoms with van der Waals surface area (Å²) in [4.78, 5) is 8.34. The third kappa shape index (κ3) is 3.87. The topological polar surface area (TPSA) is 98.0 Å². The highest BCUT2D eigenvalue weighted by molar-refractivity contribution is 7.91. The second-order valence-electron chi connectivity index (χ2n) is 4.92. The number of hydrogen-bond donors (Lipinski definition) is 2. The van der Waals surface area contributed by atoms with Crippen LogP contribution in [0.25, 0.3) is 0 Å². The molecule has 1 aromatic heterocycles. The summed E-state index contributed by atoms with van der Waals surface area (Å²) < 4.78 is 22.7. The van der Waals surface area contributed by atoms with Gasteiger partial charge in [0.15, 0.2) is 9.84 Å². The van der Waals surface area contributed by atoms with E-state index < -0.39 is 9.84 Å². The lowest BCUT2D eigenvalue weighted by Gasteiger charge is -2.31. The molecule has 7 heteroatoms. The van der Waals surface area contributed by atoms with Crippen LogP contribution in [0.5, 0.6) is 0 Å². The Hall–Kier alpha value is -1.21. The minimum atomic E-state index is -2.94. The molecule has 6 nitrogen and oxygen atoms in total. The Morgan fingerprint density at radius 2 is 2.16 bits per heavy atom. The Morgan fingerprint density at radius 1 is 1.42 bits per heavy atom. The zero-order valence-corrected chi connectivity index (χ0v) is 11.9. The molecule has 0 spiro atoms. The number of sulfone groups is 1. The summed E-state index contributed by atoms with van der Waals surface area (Å²) >= 11 is 0. The quantitative estimate of drug-likeness (QED) is 0.790. The van der Waals surface area contributed by atoms with Gasteiger partial charge in [-0.3, -0.25) is 0 Å². The van der Waals surface area contributed by atoms with Gasteiger partial charge in [-0.05, 0) is 12.8 Å². The van der Waals surface area contributed by atoms with Gasteiger partial charge in [-0.2, -0.15) is 0 Å². The van der Waals surface area contributed by atoms with Gasteiger partial charge in [0.25, 0.3) is 0 Å². The minimum absolute atomic E-state index is 0.122. The highest BCUT2D eigenvalue weighted by Crippen LogP contribution is 2.34. The third-order valence-electron chi connectivity index (χ3n) is 3.44. The molecular weight excluding hydrogens is 264 g/mol. The van der Waals surface area contributed by atoms with Crippen LogP contribution < -0.4 is 11.1 Å². The average Bonchev–Trinajstić information content (AvgIpc) is 2.35. The predicted molar refractivity (Wildman–Crippen MR) is 74.8 cm³/mol. The van der Waals surface area contributed by atoms with Crippen LogP contribution in [0.3, 0.4) is 0 Å². The van der Waals surface area contributed by atoms with Gasteiger partial charge in [-0.1, -0.05) is 6.92 Å². The molecule has 0 saturated heterocycles. The monoisotopic (exact) mass is 284 g/mol. The molecule has 0 aromatic carbocycles. The molecule has 1 aromatic rings. The second kappa shape index (κ2) is 5.83. The van der Waals surface area contributed by atoms with Crippen molar-refractivity contribution in [2.45, 2.75) is 31.7 Å². The molecular formula is C12H20N4O2S. The summed E-state index contributed by atoms with van der Waals surface area (Å²) in [7, 11) is -2.94. The van der Waals surface area contributed by atoms with E-state index in [2.05, 4.69) is 15.3 Å². The van der Waals surface area contributed by atoms with E-state index >= 15 is 0 Å². The Morgan fingerprint density at radius 3 is 2.79 bits per heavy atom. The van der Waals surface area contributed by atoms with E-state index in [1.807, 2.05) is 6.07 Å². The molecule has 1 saturated carbocycles. The van der Waals surface area contributed by atoms with E-state index in [-0.39, 0.29) is 17.5 Å². The Bertz CT molecular complexity index is 526. The molecule has 0 aliphatic heterocycles. The number of hydrogen-bond acceptors (Lipinski definition) is 6. The van der Waals surface area contributed by atoms with E-state index in [1.54, 1.807) is 6.92 Å². The molecule has 2 rings (SSSR count). The van der Waals surface area contributed by atoms with Gasteiger partial charge in [0.1, 0.15) is 12.1 Å². The van der Waals surface area contributed by atoms with Crippen LogP contribution in [-0.2, 0) is 9.84 Å². The average molecular weight is 284 g/mol. The maximum atomic E-state index is 11.4. The molecule has 0 unspecified atom stereocenters. The van der Waals surface area contributed by atoms with Gasteiger partial charge in [0.05, 0.1) is 5.75 Å². The summed E-state index contributed by atoms with van der Waals surface area (Å²) in [6.45, 7) is 2.02. The van der Waals surface area contributed by atoms with E-state index in [1.165, 1.54) is 6.33 Å². The standard InChI is InChI=1S/C12H20N4O2S/c1-2-19(17,18)4-3-14-12-7-11(15-8-16-12)9-5-10(13)6-9/h7-10H,2-6,13H2,1H3,(H,14,15,16). The third-order valence-corrected chi connectivity index (χ3v) is 5.15. The molecule has 19 heavy (non-hydrogen) atoms. The van der Waals surface area contributed by atoms with Crippen LogP contribution in [0.15, 0.2) is 12.4 Å². The highest BCUT2D eigenvalue weighted by Gasteiger charge is 2.28. The smallest absolute Gasteiger partial charge is 0.151 e. The van der Waals surface area contributed by atoms with Crippen molar-refractivity contribution in [1.29, 1.82) is 0 Å². The number of rotatable bonds is 6. The fourth-order valence-electron chi connectivity index (χ4n) is 2.07. The van der Waals surface area contributed by atoms with Gasteiger partial charge < -0.3 is 11.1 Å². The van der Waals surface area contributed by atoms with Gasteiger partial charge in [0, 0.05) is 36.0 Å². The number of nitrogens with two attached hydrogens (primary N) is 1. The Kier molecular flexibility index (Phi) is 4.36. The maximum absolute atomic E-state index is 11.4. The first-order chi connectivity index (χ1) is 9.00. The van der Waals surface area contributed by atoms with Gasteiger partial charge in [0.2, 0.25) is 0 Å². The van der Waals surface area contributed by atoms with E-state index in [0.717, 1.165) is 18.5 Å². The van der Waals surface area contributed by atoms with Crippen LogP contribution in [0.2, 0.25) is 0 Å². The lowest BCUT2D eigenvalue weighted by Crippen LogP contribution is -2.35. The van der Waals surface area contributed by atoms with Crippen LogP contribution in [0.4, 0.5) is 5.82 Å². The number of aromatic nitrogens is 2. The maximum Gasteiger partial charge on any atom is 0.151 e. The van der Waals surface area contributed by atoms with E-state index in [0.29, 0.717) is 18.3 Å². The molecule has 0 bridgehead atoms. The largest absolute Gasteiger partial charge is 0.369 e. The summed E-state index contributed by atoms with van der Waals surface area (Å²) in [6, 6.07) is 2.17. The number of nitrogens with zero attached hydrogens (tertiary/aromatic N) is 2. The van der Waals surface area contributed by atoms with Crippen LogP contribution in [0.1, 0.15) is 31.4 Å². The van der Waals surface area contributed by atoms with E-state index in [9.17, 15) is 8.42 Å². The van der Waals surface area contributed by atoms with Gasteiger partial charge in [-0.25, -0.2) is 18.4 Å². The Labute approximate surface area is 113 Å². The molecule has 106 valence electrons. The molecule has 1 heterocycles. The van der Waals surface area contributed by atoms with Crippen molar-refractivity contribution in [3.05, 3.63) is 18.1 Å². The predicted octanol–water partition coefficient (Wildman–Crippen LogP) is 0.528. The van der Waals surface area contributed by atoms with Gasteiger partial charge in [-0.15, -0.1) is 0 Å². The fourth-order valence-corrected chi connectivity index (χ4v) is 2.78. The summed E-state index contributed by atoms with van der Waals surface area (Å²) in [6.07, 6.45) is 3.43. The van der Waals surface area contributed by atoms with Gasteiger partial charge >= 0.3 is 0 Å². The van der Waals surface area contributed by atoms with E-state index in [4.69, 9.17) is 5.73 Å². The summed E-state index contributed by atoms with van der Waals surface area (Å²) in [5.41, 5.74) is 6.75. The fraction of sp³-hybridized carbons (Fsp3) is 0.667. The normalized spacial score (nSPS) is 22.8. The molecule has 0 amide bonds. The zero-order chi connectivity index (χ0) is 13.9. The minimum Gasteiger partial charge on any atom is -0.369 e. The van der Waals surface area contributed by atoms with Crippen molar-refractivity contribution in [1.82, 2.24) is 9.97 Å². The lowest BCUT2D eigenvalue weighted by molar-refractivity contribution is 0.345. The van der Waals surface area contributed by atoms with Crippen LogP contribution in [0, 0.1) is 0 Å². The molecule has 0 radical (unpaired) electrons. The first kappa shape index (κ1) is 14.2.